The van der Waals surface area contributed by atoms with Gasteiger partial charge < -0.3 is 5.32 Å². The van der Waals surface area contributed by atoms with E-state index < -0.39 is 17.6 Å². The van der Waals surface area contributed by atoms with Crippen molar-refractivity contribution < 1.29 is 18.0 Å². The lowest BCUT2D eigenvalue weighted by Crippen LogP contribution is -2.38. The number of nitrogens with one attached hydrogen (secondary N) is 1. The van der Waals surface area contributed by atoms with Gasteiger partial charge >= 0.3 is 6.18 Å². The third kappa shape index (κ3) is 2.85. The molecule has 1 amide bonds. The van der Waals surface area contributed by atoms with Crippen LogP contribution in [0.2, 0.25) is 0 Å². The van der Waals surface area contributed by atoms with Crippen LogP contribution < -0.4 is 5.32 Å². The Morgan fingerprint density at radius 3 is 2.56 bits per heavy atom. The Kier molecular flexibility index (Phi) is 3.40. The summed E-state index contributed by atoms with van der Waals surface area (Å²) in [6.45, 7) is 0. The van der Waals surface area contributed by atoms with Crippen molar-refractivity contribution in [2.45, 2.75) is 24.6 Å². The Balaban J connectivity index is 2.16. The molecular formula is C12H11BrF3NO. The van der Waals surface area contributed by atoms with E-state index in [0.29, 0.717) is 5.33 Å². The summed E-state index contributed by atoms with van der Waals surface area (Å²) in [6, 6.07) is 4.45. The first-order chi connectivity index (χ1) is 8.36. The van der Waals surface area contributed by atoms with E-state index in [1.807, 2.05) is 0 Å². The summed E-state index contributed by atoms with van der Waals surface area (Å²) in [6.07, 6.45) is -2.73. The van der Waals surface area contributed by atoms with Gasteiger partial charge in [0.2, 0.25) is 0 Å². The molecule has 1 aliphatic carbocycles. The van der Waals surface area contributed by atoms with Crippen LogP contribution in [0.1, 0.15) is 28.8 Å². The van der Waals surface area contributed by atoms with Gasteiger partial charge in [0, 0.05) is 10.9 Å². The second kappa shape index (κ2) is 4.57. The third-order valence-electron chi connectivity index (χ3n) is 2.94. The minimum atomic E-state index is -4.43. The normalized spacial score (nSPS) is 17.3. The van der Waals surface area contributed by atoms with E-state index in [1.165, 1.54) is 12.1 Å². The van der Waals surface area contributed by atoms with Gasteiger partial charge in [-0.3, -0.25) is 4.79 Å². The number of carbonyl (C=O) groups excluding carboxylic acids is 1. The number of alkyl halides is 4. The second-order valence-electron chi connectivity index (χ2n) is 4.45. The highest BCUT2D eigenvalue weighted by atomic mass is 79.9. The van der Waals surface area contributed by atoms with Gasteiger partial charge in [0.25, 0.3) is 5.91 Å². The monoisotopic (exact) mass is 321 g/mol. The molecule has 0 aromatic heterocycles. The first kappa shape index (κ1) is 13.4. The fraction of sp³-hybridized carbons (Fsp3) is 0.417. The maximum absolute atomic E-state index is 12.5. The fourth-order valence-electron chi connectivity index (χ4n) is 1.59. The molecule has 6 heteroatoms. The quantitative estimate of drug-likeness (QED) is 0.850. The zero-order valence-corrected chi connectivity index (χ0v) is 10.9. The topological polar surface area (TPSA) is 29.1 Å². The molecule has 0 spiro atoms. The van der Waals surface area contributed by atoms with Crippen molar-refractivity contribution in [3.63, 3.8) is 0 Å². The molecule has 18 heavy (non-hydrogen) atoms. The van der Waals surface area contributed by atoms with Crippen molar-refractivity contribution in [2.75, 3.05) is 5.33 Å². The molecule has 0 aliphatic heterocycles. The maximum Gasteiger partial charge on any atom is 0.416 e. The summed E-state index contributed by atoms with van der Waals surface area (Å²) < 4.78 is 37.5. The molecular weight excluding hydrogens is 311 g/mol. The third-order valence-corrected chi connectivity index (χ3v) is 4.01. The van der Waals surface area contributed by atoms with Gasteiger partial charge in [-0.25, -0.2) is 0 Å². The first-order valence-electron chi connectivity index (χ1n) is 5.42. The van der Waals surface area contributed by atoms with Crippen molar-refractivity contribution in [1.29, 1.82) is 0 Å². The van der Waals surface area contributed by atoms with Gasteiger partial charge in [0.05, 0.1) is 11.1 Å². The zero-order valence-electron chi connectivity index (χ0n) is 9.35. The Morgan fingerprint density at radius 2 is 2.06 bits per heavy atom. The fourth-order valence-corrected chi connectivity index (χ4v) is 2.29. The van der Waals surface area contributed by atoms with Crippen LogP contribution in [-0.2, 0) is 6.18 Å². The summed E-state index contributed by atoms with van der Waals surface area (Å²) in [5.74, 6) is -0.460. The Morgan fingerprint density at radius 1 is 1.39 bits per heavy atom. The van der Waals surface area contributed by atoms with E-state index in [-0.39, 0.29) is 11.1 Å². The largest absolute Gasteiger partial charge is 0.416 e. The Labute approximate surface area is 111 Å². The maximum atomic E-state index is 12.5. The molecule has 0 saturated heterocycles. The molecule has 98 valence electrons. The average molecular weight is 322 g/mol. The van der Waals surface area contributed by atoms with Gasteiger partial charge in [-0.1, -0.05) is 22.0 Å². The van der Waals surface area contributed by atoms with Crippen molar-refractivity contribution in [3.8, 4) is 0 Å². The van der Waals surface area contributed by atoms with E-state index in [2.05, 4.69) is 21.2 Å². The van der Waals surface area contributed by atoms with Gasteiger partial charge in [-0.05, 0) is 31.0 Å². The van der Waals surface area contributed by atoms with Crippen LogP contribution in [0.15, 0.2) is 24.3 Å². The van der Waals surface area contributed by atoms with Crippen molar-refractivity contribution in [3.05, 3.63) is 35.4 Å². The van der Waals surface area contributed by atoms with E-state index >= 15 is 0 Å². The smallest absolute Gasteiger partial charge is 0.346 e. The minimum absolute atomic E-state index is 0.0389. The number of hydrogen-bond donors (Lipinski definition) is 1. The molecule has 0 radical (unpaired) electrons. The lowest BCUT2D eigenvalue weighted by atomic mass is 10.1. The lowest BCUT2D eigenvalue weighted by molar-refractivity contribution is -0.137. The van der Waals surface area contributed by atoms with Crippen LogP contribution in [0.4, 0.5) is 13.2 Å². The summed E-state index contributed by atoms with van der Waals surface area (Å²) in [4.78, 5) is 11.8. The number of hydrogen-bond acceptors (Lipinski definition) is 1. The van der Waals surface area contributed by atoms with Gasteiger partial charge in [0.15, 0.2) is 0 Å². The molecule has 2 rings (SSSR count). The first-order valence-corrected chi connectivity index (χ1v) is 6.54. The SMILES string of the molecule is O=C(NC1(CBr)CC1)c1cccc(C(F)(F)F)c1. The lowest BCUT2D eigenvalue weighted by Gasteiger charge is -2.15. The van der Waals surface area contributed by atoms with Crippen LogP contribution in [0.25, 0.3) is 0 Å². The van der Waals surface area contributed by atoms with Gasteiger partial charge in [-0.15, -0.1) is 0 Å². The summed E-state index contributed by atoms with van der Waals surface area (Å²) >= 11 is 3.29. The molecule has 1 N–H and O–H groups in total. The molecule has 2 nitrogen and oxygen atoms in total. The number of carbonyl (C=O) groups is 1. The molecule has 0 atom stereocenters. The number of rotatable bonds is 3. The summed E-state index contributed by atoms with van der Waals surface area (Å²) in [5, 5.41) is 3.37. The van der Waals surface area contributed by atoms with E-state index in [1.54, 1.807) is 0 Å². The van der Waals surface area contributed by atoms with Crippen LogP contribution in [0.5, 0.6) is 0 Å². The molecule has 0 heterocycles. The number of halogens is 4. The molecule has 1 saturated carbocycles. The molecule has 1 fully saturated rings. The predicted molar refractivity (Wildman–Crippen MR) is 64.7 cm³/mol. The van der Waals surface area contributed by atoms with E-state index in [4.69, 9.17) is 0 Å². The van der Waals surface area contributed by atoms with E-state index in [9.17, 15) is 18.0 Å². The Hall–Kier alpha value is -1.04. The minimum Gasteiger partial charge on any atom is -0.346 e. The predicted octanol–water partition coefficient (Wildman–Crippen LogP) is 3.36. The number of benzene rings is 1. The summed E-state index contributed by atoms with van der Waals surface area (Å²) in [7, 11) is 0. The van der Waals surface area contributed by atoms with E-state index in [0.717, 1.165) is 25.0 Å². The molecule has 0 unspecified atom stereocenters. The van der Waals surface area contributed by atoms with Crippen LogP contribution in [0, 0.1) is 0 Å². The molecule has 1 aromatic rings. The highest BCUT2D eigenvalue weighted by molar-refractivity contribution is 9.09. The highest BCUT2D eigenvalue weighted by Gasteiger charge is 2.43. The molecule has 1 aromatic carbocycles. The average Bonchev–Trinajstić information content (AvgIpc) is 3.08. The van der Waals surface area contributed by atoms with Crippen molar-refractivity contribution in [2.24, 2.45) is 0 Å². The van der Waals surface area contributed by atoms with Gasteiger partial charge in [0.1, 0.15) is 0 Å². The summed E-state index contributed by atoms with van der Waals surface area (Å²) in [5.41, 5.74) is -1.04. The van der Waals surface area contributed by atoms with Crippen molar-refractivity contribution >= 4 is 21.8 Å². The standard InChI is InChI=1S/C12H11BrF3NO/c13-7-11(4-5-11)17-10(18)8-2-1-3-9(6-8)12(14,15)16/h1-3,6H,4-5,7H2,(H,17,18). The van der Waals surface area contributed by atoms with Crippen LogP contribution >= 0.6 is 15.9 Å². The molecule has 0 bridgehead atoms. The van der Waals surface area contributed by atoms with Crippen LogP contribution in [-0.4, -0.2) is 16.8 Å². The Bertz CT molecular complexity index is 469. The zero-order chi connectivity index (χ0) is 13.4. The van der Waals surface area contributed by atoms with Crippen LogP contribution in [0.3, 0.4) is 0 Å². The van der Waals surface area contributed by atoms with Crippen molar-refractivity contribution in [1.82, 2.24) is 5.32 Å². The second-order valence-corrected chi connectivity index (χ2v) is 5.01. The van der Waals surface area contributed by atoms with Gasteiger partial charge in [-0.2, -0.15) is 13.2 Å². The highest BCUT2D eigenvalue weighted by Crippen LogP contribution is 2.37. The molecule has 1 aliphatic rings. The number of amides is 1.